The minimum absolute atomic E-state index is 0.0294. The Kier molecular flexibility index (Phi) is 20.9. The molecular weight excluding hydrogens is 571 g/mol. The SMILES string of the molecule is CCCCCCCCCCCCCCCCNC(=O)OCC(COP(O)Oc1ccc(CN2C=C(C)SC2)cc1)OC. The van der Waals surface area contributed by atoms with Crippen LogP contribution in [0.2, 0.25) is 0 Å². The summed E-state index contributed by atoms with van der Waals surface area (Å²) >= 11 is 1.84. The van der Waals surface area contributed by atoms with Crippen LogP contribution in [0.1, 0.15) is 109 Å². The average molecular weight is 627 g/mol. The van der Waals surface area contributed by atoms with E-state index in [1.165, 1.54) is 89.1 Å². The number of nitrogens with one attached hydrogen (secondary N) is 1. The molecule has 0 radical (unpaired) electrons. The smallest absolute Gasteiger partial charge is 0.407 e. The normalized spacial score (nSPS) is 14.5. The molecule has 2 atom stereocenters. The van der Waals surface area contributed by atoms with E-state index in [2.05, 4.69) is 30.3 Å². The van der Waals surface area contributed by atoms with Crippen LogP contribution in [0.5, 0.6) is 5.75 Å². The third-order valence-corrected chi connectivity index (χ3v) is 8.98. The topological polar surface area (TPSA) is 89.5 Å². The van der Waals surface area contributed by atoms with Crippen LogP contribution in [0, 0.1) is 0 Å². The number of ether oxygens (including phenoxy) is 2. The van der Waals surface area contributed by atoms with Crippen LogP contribution in [0.3, 0.4) is 0 Å². The van der Waals surface area contributed by atoms with Gasteiger partial charge in [-0.1, -0.05) is 103 Å². The Morgan fingerprint density at radius 2 is 1.55 bits per heavy atom. The van der Waals surface area contributed by atoms with Crippen LogP contribution >= 0.6 is 20.4 Å². The molecule has 0 aromatic heterocycles. The Morgan fingerprint density at radius 3 is 2.10 bits per heavy atom. The predicted octanol–water partition coefficient (Wildman–Crippen LogP) is 8.89. The first-order valence-electron chi connectivity index (χ1n) is 15.9. The number of carbonyl (C=O) groups excluding carboxylic acids is 1. The number of benzene rings is 1. The summed E-state index contributed by atoms with van der Waals surface area (Å²) in [6.07, 6.45) is 19.5. The first-order valence-corrected chi connectivity index (χ1v) is 18.0. The first kappa shape index (κ1) is 36.7. The number of methoxy groups -OCH3 is 1. The van der Waals surface area contributed by atoms with Crippen LogP contribution in [0.4, 0.5) is 4.79 Å². The van der Waals surface area contributed by atoms with Crippen LogP contribution in [-0.4, -0.2) is 54.7 Å². The predicted molar refractivity (Wildman–Crippen MR) is 174 cm³/mol. The van der Waals surface area contributed by atoms with Crippen molar-refractivity contribution in [3.05, 3.63) is 40.9 Å². The molecule has 1 amide bonds. The third-order valence-electron chi connectivity index (χ3n) is 7.22. The molecule has 1 heterocycles. The van der Waals surface area contributed by atoms with Crippen molar-refractivity contribution < 1.29 is 28.2 Å². The van der Waals surface area contributed by atoms with Gasteiger partial charge >= 0.3 is 14.7 Å². The van der Waals surface area contributed by atoms with E-state index in [4.69, 9.17) is 18.5 Å². The van der Waals surface area contributed by atoms with Gasteiger partial charge in [0.15, 0.2) is 0 Å². The van der Waals surface area contributed by atoms with Crippen LogP contribution in [-0.2, 0) is 20.5 Å². The molecule has 1 aliphatic heterocycles. The maximum Gasteiger partial charge on any atom is 0.407 e. The van der Waals surface area contributed by atoms with E-state index in [-0.39, 0.29) is 13.2 Å². The third kappa shape index (κ3) is 18.2. The maximum atomic E-state index is 12.0. The van der Waals surface area contributed by atoms with Crippen molar-refractivity contribution in [1.82, 2.24) is 10.2 Å². The molecule has 1 aromatic carbocycles. The van der Waals surface area contributed by atoms with Crippen molar-refractivity contribution >= 4 is 26.5 Å². The fraction of sp³-hybridized carbons (Fsp3) is 0.719. The lowest BCUT2D eigenvalue weighted by atomic mass is 10.0. The van der Waals surface area contributed by atoms with Crippen LogP contribution in [0.15, 0.2) is 35.4 Å². The Balaban J connectivity index is 1.43. The Morgan fingerprint density at radius 1 is 0.952 bits per heavy atom. The number of carbonyl (C=O) groups is 1. The summed E-state index contributed by atoms with van der Waals surface area (Å²) in [7, 11) is -0.622. The van der Waals surface area contributed by atoms with E-state index in [0.717, 1.165) is 30.8 Å². The summed E-state index contributed by atoms with van der Waals surface area (Å²) < 4.78 is 21.5. The van der Waals surface area contributed by atoms with Gasteiger partial charge in [0.25, 0.3) is 0 Å². The molecule has 8 nitrogen and oxygen atoms in total. The number of hydrogen-bond acceptors (Lipinski definition) is 8. The number of rotatable bonds is 25. The quantitative estimate of drug-likeness (QED) is 0.0822. The van der Waals surface area contributed by atoms with Crippen molar-refractivity contribution in [2.24, 2.45) is 0 Å². The number of unbranched alkanes of at least 4 members (excludes halogenated alkanes) is 13. The highest BCUT2D eigenvalue weighted by atomic mass is 32.2. The molecule has 0 spiro atoms. The van der Waals surface area contributed by atoms with Crippen molar-refractivity contribution in [2.75, 3.05) is 32.7 Å². The number of alkyl carbamates (subject to hydrolysis) is 1. The molecule has 2 rings (SSSR count). The van der Waals surface area contributed by atoms with Gasteiger partial charge in [-0.3, -0.25) is 4.52 Å². The second-order valence-corrected chi connectivity index (χ2v) is 13.1. The number of amides is 1. The molecule has 0 bridgehead atoms. The van der Waals surface area contributed by atoms with Crippen LogP contribution in [0.25, 0.3) is 0 Å². The molecule has 2 N–H and O–H groups in total. The molecular formula is C32H55N2O6PS. The lowest BCUT2D eigenvalue weighted by molar-refractivity contribution is 0.00598. The molecule has 0 fully saturated rings. The van der Waals surface area contributed by atoms with E-state index in [9.17, 15) is 9.69 Å². The van der Waals surface area contributed by atoms with Gasteiger partial charge in [0.2, 0.25) is 0 Å². The number of thioether (sulfide) groups is 1. The second kappa shape index (κ2) is 23.9. The average Bonchev–Trinajstić information content (AvgIpc) is 3.40. The summed E-state index contributed by atoms with van der Waals surface area (Å²) in [6.45, 7) is 5.89. The van der Waals surface area contributed by atoms with E-state index < -0.39 is 20.8 Å². The van der Waals surface area contributed by atoms with Crippen LogP contribution < -0.4 is 9.84 Å². The minimum atomic E-state index is -2.13. The molecule has 1 aromatic rings. The molecule has 0 aliphatic carbocycles. The van der Waals surface area contributed by atoms with Crippen molar-refractivity contribution in [2.45, 2.75) is 116 Å². The molecule has 240 valence electrons. The number of nitrogens with zero attached hydrogens (tertiary/aromatic N) is 1. The zero-order valence-electron chi connectivity index (χ0n) is 26.2. The van der Waals surface area contributed by atoms with Crippen molar-refractivity contribution in [3.8, 4) is 5.75 Å². The van der Waals surface area contributed by atoms with E-state index in [1.54, 1.807) is 0 Å². The van der Waals surface area contributed by atoms with Gasteiger partial charge in [-0.15, -0.1) is 11.8 Å². The largest absolute Gasteiger partial charge is 0.447 e. The van der Waals surface area contributed by atoms with E-state index >= 15 is 0 Å². The molecule has 0 saturated heterocycles. The second-order valence-electron chi connectivity index (χ2n) is 11.0. The zero-order valence-corrected chi connectivity index (χ0v) is 27.9. The van der Waals surface area contributed by atoms with E-state index in [0.29, 0.717) is 12.3 Å². The molecule has 1 aliphatic rings. The first-order chi connectivity index (χ1) is 20.5. The summed E-state index contributed by atoms with van der Waals surface area (Å²) in [6, 6.07) is 7.61. The van der Waals surface area contributed by atoms with Crippen molar-refractivity contribution in [3.63, 3.8) is 0 Å². The van der Waals surface area contributed by atoms with Gasteiger partial charge in [0, 0.05) is 26.4 Å². The molecule has 10 heteroatoms. The maximum absolute atomic E-state index is 12.0. The monoisotopic (exact) mass is 626 g/mol. The number of allylic oxidation sites excluding steroid dienone is 1. The van der Waals surface area contributed by atoms with Crippen molar-refractivity contribution in [1.29, 1.82) is 0 Å². The minimum Gasteiger partial charge on any atom is -0.447 e. The van der Waals surface area contributed by atoms with Gasteiger partial charge in [0.1, 0.15) is 18.5 Å². The Hall–Kier alpha value is -1.51. The fourth-order valence-electron chi connectivity index (χ4n) is 4.68. The zero-order chi connectivity index (χ0) is 30.3. The summed E-state index contributed by atoms with van der Waals surface area (Å²) in [4.78, 5) is 25.8. The standard InChI is InChI=1S/C32H55N2O6PS/c1-4-5-6-7-8-9-10-11-12-13-14-15-16-17-22-33-32(35)38-25-31(37-3)26-39-41(36)40-30-20-18-29(19-21-30)24-34-23-28(2)42-27-34/h18-21,23,31,36H,4-17,22,24-27H2,1-3H3,(H,33,35). The van der Waals surface area contributed by atoms with Gasteiger partial charge in [0.05, 0.1) is 12.5 Å². The highest BCUT2D eigenvalue weighted by molar-refractivity contribution is 8.03. The summed E-state index contributed by atoms with van der Waals surface area (Å²) in [5.74, 6) is 1.49. The van der Waals surface area contributed by atoms with Gasteiger partial charge in [-0.25, -0.2) is 4.79 Å². The fourth-order valence-corrected chi connectivity index (χ4v) is 6.08. The van der Waals surface area contributed by atoms with Gasteiger partial charge < -0.3 is 29.1 Å². The molecule has 2 unspecified atom stereocenters. The summed E-state index contributed by atoms with van der Waals surface area (Å²) in [5.41, 5.74) is 1.16. The molecule has 0 saturated carbocycles. The highest BCUT2D eigenvalue weighted by Crippen LogP contribution is 2.35. The number of hydrogen-bond donors (Lipinski definition) is 2. The van der Waals surface area contributed by atoms with Gasteiger partial charge in [-0.2, -0.15) is 0 Å². The van der Waals surface area contributed by atoms with E-state index in [1.807, 2.05) is 36.0 Å². The summed E-state index contributed by atoms with van der Waals surface area (Å²) in [5, 5.41) is 2.80. The Labute approximate surface area is 260 Å². The van der Waals surface area contributed by atoms with Gasteiger partial charge in [-0.05, 0) is 35.9 Å². The highest BCUT2D eigenvalue weighted by Gasteiger charge is 2.17. The lowest BCUT2D eigenvalue weighted by Crippen LogP contribution is -2.31. The Bertz CT molecular complexity index is 860. The molecule has 42 heavy (non-hydrogen) atoms. The lowest BCUT2D eigenvalue weighted by Gasteiger charge is -2.18.